The van der Waals surface area contributed by atoms with Gasteiger partial charge in [-0.1, -0.05) is 30.9 Å². The molecular weight excluding hydrogens is 402 g/mol. The maximum atomic E-state index is 12.4. The number of imidazole rings is 1. The Labute approximate surface area is 179 Å². The molecule has 0 radical (unpaired) electrons. The zero-order chi connectivity index (χ0) is 20.3. The van der Waals surface area contributed by atoms with Gasteiger partial charge in [0.15, 0.2) is 0 Å². The molecule has 8 heteroatoms. The van der Waals surface area contributed by atoms with Crippen molar-refractivity contribution in [3.8, 4) is 0 Å². The van der Waals surface area contributed by atoms with Crippen molar-refractivity contribution in [2.24, 2.45) is 0 Å². The number of anilines is 1. The lowest BCUT2D eigenvalue weighted by atomic mass is 9.74. The van der Waals surface area contributed by atoms with Gasteiger partial charge in [-0.2, -0.15) is 0 Å². The van der Waals surface area contributed by atoms with Gasteiger partial charge in [0, 0.05) is 36.4 Å². The number of carbonyl (C=O) groups is 1. The van der Waals surface area contributed by atoms with Crippen molar-refractivity contribution >= 4 is 34.3 Å². The number of halogens is 1. The van der Waals surface area contributed by atoms with Crippen LogP contribution in [0.2, 0.25) is 5.02 Å². The van der Waals surface area contributed by atoms with Gasteiger partial charge in [0.25, 0.3) is 0 Å². The quantitative estimate of drug-likeness (QED) is 0.629. The Morgan fingerprint density at radius 3 is 2.93 bits per heavy atom. The molecule has 1 fully saturated rings. The highest BCUT2D eigenvalue weighted by Crippen LogP contribution is 2.49. The van der Waals surface area contributed by atoms with Gasteiger partial charge in [-0.25, -0.2) is 9.78 Å². The molecule has 6 rings (SSSR count). The number of urea groups is 1. The Morgan fingerprint density at radius 1 is 1.20 bits per heavy atom. The maximum absolute atomic E-state index is 12.4. The number of hydrogen-bond donors (Lipinski definition) is 2. The van der Waals surface area contributed by atoms with Gasteiger partial charge < -0.3 is 19.6 Å². The molecule has 0 saturated heterocycles. The fourth-order valence-electron chi connectivity index (χ4n) is 5.39. The third-order valence-electron chi connectivity index (χ3n) is 6.79. The molecule has 1 spiro atoms. The Balaban J connectivity index is 1.40. The van der Waals surface area contributed by atoms with Crippen molar-refractivity contribution in [1.29, 1.82) is 0 Å². The molecule has 2 aromatic heterocycles. The number of amides is 2. The molecule has 3 aliphatic rings. The zero-order valence-electron chi connectivity index (χ0n) is 16.7. The molecule has 0 unspecified atom stereocenters. The number of hydrogen-bond acceptors (Lipinski definition) is 4. The number of benzene rings is 1. The van der Waals surface area contributed by atoms with Gasteiger partial charge in [0.1, 0.15) is 17.2 Å². The summed E-state index contributed by atoms with van der Waals surface area (Å²) < 4.78 is 8.64. The summed E-state index contributed by atoms with van der Waals surface area (Å²) in [6.07, 6.45) is 9.08. The maximum Gasteiger partial charge on any atom is 0.319 e. The van der Waals surface area contributed by atoms with E-state index in [4.69, 9.17) is 16.0 Å². The lowest BCUT2D eigenvalue weighted by Crippen LogP contribution is -2.52. The number of aromatic nitrogens is 2. The average Bonchev–Trinajstić information content (AvgIpc) is 3.34. The average molecular weight is 426 g/mol. The molecule has 3 aromatic rings. The van der Waals surface area contributed by atoms with Crippen LogP contribution in [0.3, 0.4) is 0 Å². The number of furan rings is 1. The highest BCUT2D eigenvalue weighted by molar-refractivity contribution is 6.35. The van der Waals surface area contributed by atoms with E-state index >= 15 is 0 Å². The largest absolute Gasteiger partial charge is 0.459 e. The van der Waals surface area contributed by atoms with E-state index in [1.165, 1.54) is 6.42 Å². The zero-order valence-corrected chi connectivity index (χ0v) is 17.5. The Morgan fingerprint density at radius 2 is 2.07 bits per heavy atom. The normalized spacial score (nSPS) is 20.6. The molecule has 2 N–H and O–H groups in total. The molecule has 156 valence electrons. The second-order valence-corrected chi connectivity index (χ2v) is 9.12. The van der Waals surface area contributed by atoms with Crippen LogP contribution in [-0.4, -0.2) is 27.0 Å². The summed E-state index contributed by atoms with van der Waals surface area (Å²) >= 11 is 6.63. The molecule has 2 aliphatic heterocycles. The molecule has 2 amide bonds. The minimum atomic E-state index is -0.399. The van der Waals surface area contributed by atoms with E-state index in [9.17, 15) is 4.79 Å². The van der Waals surface area contributed by atoms with Crippen LogP contribution < -0.4 is 10.6 Å². The number of nitrogens with zero attached hydrogens (tertiary/aromatic N) is 3. The predicted octanol–water partition coefficient (Wildman–Crippen LogP) is 4.59. The Bertz CT molecular complexity index is 1140. The first kappa shape index (κ1) is 18.3. The number of fused-ring (bicyclic) bond motifs is 5. The van der Waals surface area contributed by atoms with Crippen LogP contribution in [0.25, 0.3) is 11.0 Å². The van der Waals surface area contributed by atoms with E-state index in [-0.39, 0.29) is 6.03 Å². The summed E-state index contributed by atoms with van der Waals surface area (Å²) in [5, 5.41) is 7.71. The molecule has 7 nitrogen and oxygen atoms in total. The molecule has 0 bridgehead atoms. The van der Waals surface area contributed by atoms with Crippen molar-refractivity contribution < 1.29 is 9.21 Å². The second kappa shape index (κ2) is 6.75. The van der Waals surface area contributed by atoms with Gasteiger partial charge >= 0.3 is 6.03 Å². The van der Waals surface area contributed by atoms with Crippen LogP contribution in [0, 0.1) is 0 Å². The molecule has 1 aliphatic carbocycles. The van der Waals surface area contributed by atoms with Gasteiger partial charge in [-0.15, -0.1) is 0 Å². The van der Waals surface area contributed by atoms with Crippen molar-refractivity contribution in [1.82, 2.24) is 19.8 Å². The standard InChI is InChI=1S/C22H24ClN5O2/c23-16-11-14-10-15(12-27-8-9-28-7-6-24-17(28)13-27)30-20(14)18-19(16)25-21(29)26-22(18)4-2-1-3-5-22/h6-7,10-11H,1-5,8-9,12-13H2,(H2,25,26,29). The van der Waals surface area contributed by atoms with Crippen LogP contribution >= 0.6 is 11.6 Å². The summed E-state index contributed by atoms with van der Waals surface area (Å²) in [6.45, 7) is 3.43. The van der Waals surface area contributed by atoms with E-state index in [0.717, 1.165) is 80.0 Å². The molecule has 0 atom stereocenters. The Kier molecular flexibility index (Phi) is 4.11. The van der Waals surface area contributed by atoms with E-state index in [0.29, 0.717) is 10.7 Å². The molecule has 1 aromatic carbocycles. The smallest absolute Gasteiger partial charge is 0.319 e. The first-order valence-electron chi connectivity index (χ1n) is 10.7. The second-order valence-electron chi connectivity index (χ2n) is 8.71. The third-order valence-corrected chi connectivity index (χ3v) is 7.09. The lowest BCUT2D eigenvalue weighted by Gasteiger charge is -2.42. The summed E-state index contributed by atoms with van der Waals surface area (Å²) in [6, 6.07) is 3.82. The molecule has 4 heterocycles. The predicted molar refractivity (Wildman–Crippen MR) is 114 cm³/mol. The lowest BCUT2D eigenvalue weighted by molar-refractivity contribution is 0.194. The molecule has 30 heavy (non-hydrogen) atoms. The SMILES string of the molecule is O=C1Nc2c(Cl)cc3cc(CN4CCn5ccnc5C4)oc3c2C2(CCCCC2)N1. The molecule has 1 saturated carbocycles. The minimum Gasteiger partial charge on any atom is -0.459 e. The minimum absolute atomic E-state index is 0.179. The highest BCUT2D eigenvalue weighted by Gasteiger charge is 2.43. The fraction of sp³-hybridized carbons (Fsp3) is 0.455. The summed E-state index contributed by atoms with van der Waals surface area (Å²) in [4.78, 5) is 19.2. The van der Waals surface area contributed by atoms with Crippen LogP contribution in [0.1, 0.15) is 49.3 Å². The third kappa shape index (κ3) is 2.83. The number of rotatable bonds is 2. The number of carbonyl (C=O) groups excluding carboxylic acids is 1. The van der Waals surface area contributed by atoms with E-state index in [1.54, 1.807) is 0 Å². The van der Waals surface area contributed by atoms with Gasteiger partial charge in [0.2, 0.25) is 0 Å². The molecular formula is C22H24ClN5O2. The van der Waals surface area contributed by atoms with Crippen LogP contribution in [-0.2, 0) is 25.2 Å². The highest BCUT2D eigenvalue weighted by atomic mass is 35.5. The van der Waals surface area contributed by atoms with Crippen LogP contribution in [0.4, 0.5) is 10.5 Å². The van der Waals surface area contributed by atoms with E-state index < -0.39 is 5.54 Å². The number of nitrogens with one attached hydrogen (secondary N) is 2. The van der Waals surface area contributed by atoms with Crippen molar-refractivity contribution in [3.05, 3.63) is 46.7 Å². The monoisotopic (exact) mass is 425 g/mol. The summed E-state index contributed by atoms with van der Waals surface area (Å²) in [5.74, 6) is 2.00. The topological polar surface area (TPSA) is 75.3 Å². The van der Waals surface area contributed by atoms with Crippen molar-refractivity contribution in [2.75, 3.05) is 11.9 Å². The van der Waals surface area contributed by atoms with E-state index in [2.05, 4.69) is 31.2 Å². The van der Waals surface area contributed by atoms with E-state index in [1.807, 2.05) is 18.5 Å². The first-order chi connectivity index (χ1) is 14.6. The fourth-order valence-corrected chi connectivity index (χ4v) is 5.65. The van der Waals surface area contributed by atoms with Crippen LogP contribution in [0.15, 0.2) is 28.9 Å². The van der Waals surface area contributed by atoms with Crippen molar-refractivity contribution in [3.63, 3.8) is 0 Å². The van der Waals surface area contributed by atoms with Gasteiger partial charge in [0.05, 0.1) is 29.3 Å². The van der Waals surface area contributed by atoms with Crippen LogP contribution in [0.5, 0.6) is 0 Å². The van der Waals surface area contributed by atoms with Crippen molar-refractivity contribution in [2.45, 2.75) is 57.3 Å². The van der Waals surface area contributed by atoms with Gasteiger partial charge in [-0.3, -0.25) is 4.90 Å². The summed E-state index contributed by atoms with van der Waals surface area (Å²) in [5.41, 5.74) is 2.17. The first-order valence-corrected chi connectivity index (χ1v) is 11.1. The summed E-state index contributed by atoms with van der Waals surface area (Å²) in [7, 11) is 0. The van der Waals surface area contributed by atoms with Gasteiger partial charge in [-0.05, 0) is 25.0 Å². The Hall–Kier alpha value is -2.51.